The molecular weight excluding hydrogens is 222 g/mol. The number of rotatable bonds is 6. The average molecular weight is 237 g/mol. The summed E-state index contributed by atoms with van der Waals surface area (Å²) < 4.78 is 0. The average Bonchev–Trinajstić information content (AvgIpc) is 2.29. The molecule has 1 aromatic carbocycles. The van der Waals surface area contributed by atoms with E-state index in [1.807, 2.05) is 6.07 Å². The fourth-order valence-corrected chi connectivity index (χ4v) is 1.35. The minimum Gasteiger partial charge on any atom is -0.481 e. The number of hydrogen-bond donors (Lipinski definition) is 3. The van der Waals surface area contributed by atoms with Gasteiger partial charge in [-0.15, -0.1) is 0 Å². The van der Waals surface area contributed by atoms with Gasteiger partial charge in [-0.3, -0.25) is 9.59 Å². The molecule has 0 aliphatic rings. The summed E-state index contributed by atoms with van der Waals surface area (Å²) in [6.07, 6.45) is -1.00. The highest BCUT2D eigenvalue weighted by atomic mass is 16.4. The van der Waals surface area contributed by atoms with Crippen LogP contribution in [0.5, 0.6) is 0 Å². The maximum absolute atomic E-state index is 11.5. The molecule has 1 aromatic rings. The zero-order chi connectivity index (χ0) is 12.7. The molecule has 0 spiro atoms. The third-order valence-corrected chi connectivity index (χ3v) is 2.21. The van der Waals surface area contributed by atoms with Gasteiger partial charge in [0.05, 0.1) is 12.5 Å². The second kappa shape index (κ2) is 6.65. The van der Waals surface area contributed by atoms with Crippen molar-refractivity contribution in [2.45, 2.75) is 18.9 Å². The molecule has 92 valence electrons. The maximum Gasteiger partial charge on any atom is 0.305 e. The van der Waals surface area contributed by atoms with Gasteiger partial charge in [0.25, 0.3) is 5.91 Å². The Morgan fingerprint density at radius 3 is 2.47 bits per heavy atom. The van der Waals surface area contributed by atoms with Gasteiger partial charge in [0.1, 0.15) is 0 Å². The molecule has 0 radical (unpaired) electrons. The van der Waals surface area contributed by atoms with Gasteiger partial charge < -0.3 is 15.5 Å². The lowest BCUT2D eigenvalue weighted by Crippen LogP contribution is -2.27. The zero-order valence-electron chi connectivity index (χ0n) is 9.30. The standard InChI is InChI=1S/C12H15NO4/c14-10(8-11(15)16)6-7-13-12(17)9-4-2-1-3-5-9/h1-5,10,14H,6-8H2,(H,13,17)(H,15,16). The molecule has 1 unspecified atom stereocenters. The Kier molecular flexibility index (Phi) is 5.16. The number of hydrogen-bond acceptors (Lipinski definition) is 3. The van der Waals surface area contributed by atoms with Crippen LogP contribution >= 0.6 is 0 Å². The number of amides is 1. The van der Waals surface area contributed by atoms with E-state index in [0.717, 1.165) is 0 Å². The quantitative estimate of drug-likeness (QED) is 0.677. The van der Waals surface area contributed by atoms with Crippen LogP contribution in [-0.2, 0) is 4.79 Å². The van der Waals surface area contributed by atoms with Gasteiger partial charge in [0.15, 0.2) is 0 Å². The van der Waals surface area contributed by atoms with E-state index in [0.29, 0.717) is 5.56 Å². The van der Waals surface area contributed by atoms with Gasteiger partial charge in [-0.1, -0.05) is 18.2 Å². The van der Waals surface area contributed by atoms with E-state index in [1.165, 1.54) is 0 Å². The first kappa shape index (κ1) is 13.2. The first-order chi connectivity index (χ1) is 8.09. The van der Waals surface area contributed by atoms with E-state index in [9.17, 15) is 14.7 Å². The molecule has 0 fully saturated rings. The highest BCUT2D eigenvalue weighted by Gasteiger charge is 2.10. The van der Waals surface area contributed by atoms with E-state index in [2.05, 4.69) is 5.32 Å². The number of carboxylic acid groups (broad SMARTS) is 1. The van der Waals surface area contributed by atoms with E-state index in [1.54, 1.807) is 24.3 Å². The van der Waals surface area contributed by atoms with E-state index < -0.39 is 12.1 Å². The van der Waals surface area contributed by atoms with E-state index in [4.69, 9.17) is 5.11 Å². The predicted molar refractivity (Wildman–Crippen MR) is 61.7 cm³/mol. The fourth-order valence-electron chi connectivity index (χ4n) is 1.35. The number of carboxylic acids is 1. The second-order valence-electron chi connectivity index (χ2n) is 3.66. The Balaban J connectivity index is 2.28. The van der Waals surface area contributed by atoms with Gasteiger partial charge in [0.2, 0.25) is 0 Å². The molecule has 0 aromatic heterocycles. The van der Waals surface area contributed by atoms with Crippen LogP contribution in [0.4, 0.5) is 0 Å². The Bertz CT molecular complexity index is 377. The largest absolute Gasteiger partial charge is 0.481 e. The summed E-state index contributed by atoms with van der Waals surface area (Å²) in [5, 5.41) is 20.3. The molecule has 0 aliphatic heterocycles. The van der Waals surface area contributed by atoms with E-state index in [-0.39, 0.29) is 25.3 Å². The molecule has 17 heavy (non-hydrogen) atoms. The number of aliphatic carboxylic acids is 1. The van der Waals surface area contributed by atoms with Crippen LogP contribution in [-0.4, -0.2) is 34.7 Å². The van der Waals surface area contributed by atoms with E-state index >= 15 is 0 Å². The van der Waals surface area contributed by atoms with Crippen molar-refractivity contribution in [2.24, 2.45) is 0 Å². The molecular formula is C12H15NO4. The number of benzene rings is 1. The molecule has 5 nitrogen and oxygen atoms in total. The number of carbonyl (C=O) groups excluding carboxylic acids is 1. The van der Waals surface area contributed by atoms with Crippen LogP contribution in [0.15, 0.2) is 30.3 Å². The van der Waals surface area contributed by atoms with Crippen LogP contribution < -0.4 is 5.32 Å². The molecule has 0 aliphatic carbocycles. The van der Waals surface area contributed by atoms with Gasteiger partial charge >= 0.3 is 5.97 Å². The topological polar surface area (TPSA) is 86.6 Å². The van der Waals surface area contributed by atoms with Crippen LogP contribution in [0.3, 0.4) is 0 Å². The summed E-state index contributed by atoms with van der Waals surface area (Å²) in [7, 11) is 0. The summed E-state index contributed by atoms with van der Waals surface area (Å²) in [6, 6.07) is 8.70. The molecule has 1 amide bonds. The summed E-state index contributed by atoms with van der Waals surface area (Å²) >= 11 is 0. The van der Waals surface area contributed by atoms with Crippen molar-refractivity contribution in [1.29, 1.82) is 0 Å². The monoisotopic (exact) mass is 237 g/mol. The van der Waals surface area contributed by atoms with Crippen molar-refractivity contribution < 1.29 is 19.8 Å². The summed E-state index contributed by atoms with van der Waals surface area (Å²) in [5.74, 6) is -1.28. The Labute approximate surface area is 99.1 Å². The van der Waals surface area contributed by atoms with Crippen molar-refractivity contribution in [3.63, 3.8) is 0 Å². The van der Waals surface area contributed by atoms with Gasteiger partial charge in [-0.2, -0.15) is 0 Å². The van der Waals surface area contributed by atoms with Gasteiger partial charge in [-0.05, 0) is 18.6 Å². The number of nitrogens with one attached hydrogen (secondary N) is 1. The fraction of sp³-hybridized carbons (Fsp3) is 0.333. The minimum atomic E-state index is -1.05. The van der Waals surface area contributed by atoms with Crippen LogP contribution in [0.1, 0.15) is 23.2 Å². The summed E-state index contributed by atoms with van der Waals surface area (Å²) in [4.78, 5) is 21.8. The van der Waals surface area contributed by atoms with Crippen molar-refractivity contribution in [3.05, 3.63) is 35.9 Å². The molecule has 5 heteroatoms. The zero-order valence-corrected chi connectivity index (χ0v) is 9.30. The molecule has 0 saturated heterocycles. The lowest BCUT2D eigenvalue weighted by molar-refractivity contribution is -0.139. The molecule has 0 heterocycles. The predicted octanol–water partition coefficient (Wildman–Crippen LogP) is 0.642. The molecule has 1 rings (SSSR count). The molecule has 1 atom stereocenters. The Morgan fingerprint density at radius 2 is 1.88 bits per heavy atom. The van der Waals surface area contributed by atoms with Crippen molar-refractivity contribution >= 4 is 11.9 Å². The third kappa shape index (κ3) is 5.12. The van der Waals surface area contributed by atoms with Crippen molar-refractivity contribution in [3.8, 4) is 0 Å². The highest BCUT2D eigenvalue weighted by molar-refractivity contribution is 5.94. The van der Waals surface area contributed by atoms with Gasteiger partial charge in [-0.25, -0.2) is 0 Å². The first-order valence-corrected chi connectivity index (χ1v) is 5.32. The van der Waals surface area contributed by atoms with Gasteiger partial charge in [0, 0.05) is 12.1 Å². The van der Waals surface area contributed by atoms with Crippen LogP contribution in [0.25, 0.3) is 0 Å². The number of aliphatic hydroxyl groups excluding tert-OH is 1. The second-order valence-corrected chi connectivity index (χ2v) is 3.66. The number of carbonyl (C=O) groups is 2. The first-order valence-electron chi connectivity index (χ1n) is 5.32. The maximum atomic E-state index is 11.5. The summed E-state index contributed by atoms with van der Waals surface area (Å²) in [6.45, 7) is 0.252. The summed E-state index contributed by atoms with van der Waals surface area (Å²) in [5.41, 5.74) is 0.542. The Hall–Kier alpha value is -1.88. The molecule has 3 N–H and O–H groups in total. The molecule has 0 bridgehead atoms. The normalized spacial score (nSPS) is 11.8. The minimum absolute atomic E-state index is 0.227. The lowest BCUT2D eigenvalue weighted by atomic mass is 10.2. The third-order valence-electron chi connectivity index (χ3n) is 2.21. The van der Waals surface area contributed by atoms with Crippen LogP contribution in [0.2, 0.25) is 0 Å². The highest BCUT2D eigenvalue weighted by Crippen LogP contribution is 1.99. The SMILES string of the molecule is O=C(O)CC(O)CCNC(=O)c1ccccc1. The van der Waals surface area contributed by atoms with Crippen molar-refractivity contribution in [1.82, 2.24) is 5.32 Å². The smallest absolute Gasteiger partial charge is 0.305 e. The Morgan fingerprint density at radius 1 is 1.24 bits per heavy atom. The van der Waals surface area contributed by atoms with Crippen molar-refractivity contribution in [2.75, 3.05) is 6.54 Å². The molecule has 0 saturated carbocycles. The van der Waals surface area contributed by atoms with Crippen LogP contribution in [0, 0.1) is 0 Å². The lowest BCUT2D eigenvalue weighted by Gasteiger charge is -2.08. The number of aliphatic hydroxyl groups is 1.